The maximum atomic E-state index is 10.1. The van der Waals surface area contributed by atoms with Gasteiger partial charge in [-0.2, -0.15) is 0 Å². The third kappa shape index (κ3) is 3.48. The molecule has 1 N–H and O–H groups in total. The second-order valence-electron chi connectivity index (χ2n) is 4.76. The molecular formula is C13H18Br2N2O. The number of phenols is 1. The Morgan fingerprint density at radius 3 is 2.72 bits per heavy atom. The first-order valence-corrected chi connectivity index (χ1v) is 6.65. The largest absolute Gasteiger partial charge is 0.505 e. The molecule has 5 heteroatoms. The number of halogens is 2. The average molecular weight is 378 g/mol. The van der Waals surface area contributed by atoms with Gasteiger partial charge in [0.25, 0.3) is 0 Å². The molecule has 100 valence electrons. The summed E-state index contributed by atoms with van der Waals surface area (Å²) in [4.78, 5) is 6.17. The second kappa shape index (κ2) is 6.57. The van der Waals surface area contributed by atoms with Gasteiger partial charge in [-0.25, -0.2) is 0 Å². The number of hydrogen-bond acceptors (Lipinski definition) is 3. The Kier molecular flexibility index (Phi) is 5.66. The monoisotopic (exact) mass is 376 g/mol. The van der Waals surface area contributed by atoms with Crippen molar-refractivity contribution in [2.75, 3.05) is 18.0 Å². The fraction of sp³-hybridized carbons (Fsp3) is 0.462. The number of phenolic OH excluding ortho intramolecular Hbond substituents is 1. The molecule has 0 bridgehead atoms. The Balaban J connectivity index is 0.00000162. The van der Waals surface area contributed by atoms with Gasteiger partial charge in [0.1, 0.15) is 0 Å². The molecule has 0 unspecified atom stereocenters. The fourth-order valence-corrected chi connectivity index (χ4v) is 2.51. The quantitative estimate of drug-likeness (QED) is 0.869. The van der Waals surface area contributed by atoms with Crippen LogP contribution in [0.5, 0.6) is 5.75 Å². The van der Waals surface area contributed by atoms with Gasteiger partial charge >= 0.3 is 0 Å². The smallest absolute Gasteiger partial charge is 0.153 e. The van der Waals surface area contributed by atoms with Crippen LogP contribution in [0.3, 0.4) is 0 Å². The molecule has 1 heterocycles. The Morgan fingerprint density at radius 2 is 2.17 bits per heavy atom. The Hall–Kier alpha value is -0.550. The summed E-state index contributed by atoms with van der Waals surface area (Å²) in [5, 5.41) is 10.1. The highest BCUT2D eigenvalue weighted by Crippen LogP contribution is 2.36. The van der Waals surface area contributed by atoms with Crippen molar-refractivity contribution in [1.29, 1.82) is 0 Å². The predicted molar refractivity (Wildman–Crippen MR) is 85.4 cm³/mol. The van der Waals surface area contributed by atoms with Crippen LogP contribution in [0, 0.1) is 5.92 Å². The molecule has 0 saturated carbocycles. The lowest BCUT2D eigenvalue weighted by molar-refractivity contribution is 0.472. The predicted octanol–water partition coefficient (Wildman–Crippen LogP) is 3.78. The van der Waals surface area contributed by atoms with Crippen molar-refractivity contribution in [3.63, 3.8) is 0 Å². The molecule has 1 aromatic carbocycles. The normalized spacial score (nSPS) is 14.1. The van der Waals surface area contributed by atoms with E-state index < -0.39 is 0 Å². The lowest BCUT2D eigenvalue weighted by Gasteiger charge is -2.18. The molecule has 0 spiro atoms. The van der Waals surface area contributed by atoms with Crippen molar-refractivity contribution >= 4 is 44.9 Å². The van der Waals surface area contributed by atoms with Gasteiger partial charge in [0.15, 0.2) is 5.75 Å². The molecule has 2 rings (SSSR count). The Labute approximate surface area is 127 Å². The summed E-state index contributed by atoms with van der Waals surface area (Å²) >= 11 is 3.41. The first-order chi connectivity index (χ1) is 8.08. The summed E-state index contributed by atoms with van der Waals surface area (Å²) in [7, 11) is 0. The molecule has 0 radical (unpaired) electrons. The third-order valence-corrected chi connectivity index (χ3v) is 3.35. The molecule has 0 fully saturated rings. The average Bonchev–Trinajstić information content (AvgIpc) is 2.75. The molecule has 18 heavy (non-hydrogen) atoms. The minimum absolute atomic E-state index is 0. The van der Waals surface area contributed by atoms with Gasteiger partial charge in [-0.1, -0.05) is 13.8 Å². The molecule has 1 aromatic rings. The molecule has 0 amide bonds. The van der Waals surface area contributed by atoms with Crippen LogP contribution in [0.4, 0.5) is 5.69 Å². The van der Waals surface area contributed by atoms with E-state index in [9.17, 15) is 5.11 Å². The Bertz CT molecular complexity index is 447. The van der Waals surface area contributed by atoms with Crippen LogP contribution in [0.25, 0.3) is 0 Å². The first-order valence-electron chi connectivity index (χ1n) is 5.86. The molecule has 3 nitrogen and oxygen atoms in total. The summed E-state index contributed by atoms with van der Waals surface area (Å²) in [6, 6.07) is 4.05. The summed E-state index contributed by atoms with van der Waals surface area (Å²) in [5.74, 6) is 0.900. The SMILES string of the molecule is Br.CC(C)Cc1cc(Br)c(O)c(N2C=NCC2)c1. The molecule has 1 aliphatic rings. The zero-order valence-corrected chi connectivity index (χ0v) is 13.9. The second-order valence-corrected chi connectivity index (χ2v) is 5.61. The van der Waals surface area contributed by atoms with E-state index in [-0.39, 0.29) is 17.0 Å². The zero-order valence-electron chi connectivity index (χ0n) is 10.6. The highest BCUT2D eigenvalue weighted by molar-refractivity contribution is 9.10. The molecule has 0 aromatic heterocycles. The van der Waals surface area contributed by atoms with Crippen LogP contribution >= 0.6 is 32.9 Å². The van der Waals surface area contributed by atoms with Crippen molar-refractivity contribution in [2.24, 2.45) is 10.9 Å². The van der Waals surface area contributed by atoms with Gasteiger partial charge in [-0.15, -0.1) is 17.0 Å². The molecule has 0 atom stereocenters. The van der Waals surface area contributed by atoms with Crippen molar-refractivity contribution < 1.29 is 5.11 Å². The number of hydrogen-bond donors (Lipinski definition) is 1. The van der Waals surface area contributed by atoms with E-state index >= 15 is 0 Å². The van der Waals surface area contributed by atoms with Crippen molar-refractivity contribution in [1.82, 2.24) is 0 Å². The van der Waals surface area contributed by atoms with Crippen LogP contribution in [-0.2, 0) is 6.42 Å². The number of aromatic hydroxyl groups is 1. The highest BCUT2D eigenvalue weighted by Gasteiger charge is 2.16. The minimum atomic E-state index is 0. The van der Waals surface area contributed by atoms with Crippen LogP contribution < -0.4 is 4.90 Å². The zero-order chi connectivity index (χ0) is 12.4. The van der Waals surface area contributed by atoms with Crippen LogP contribution in [-0.4, -0.2) is 24.5 Å². The van der Waals surface area contributed by atoms with E-state index in [0.717, 1.165) is 29.7 Å². The standard InChI is InChI=1S/C13H17BrN2O.BrH/c1-9(2)5-10-6-11(14)13(17)12(7-10)16-4-3-15-8-16;/h6-9,17H,3-5H2,1-2H3;1H. The molecule has 0 saturated heterocycles. The van der Waals surface area contributed by atoms with Crippen LogP contribution in [0.1, 0.15) is 19.4 Å². The van der Waals surface area contributed by atoms with Crippen molar-refractivity contribution in [2.45, 2.75) is 20.3 Å². The lowest BCUT2D eigenvalue weighted by atomic mass is 10.0. The van der Waals surface area contributed by atoms with E-state index in [1.807, 2.05) is 11.0 Å². The van der Waals surface area contributed by atoms with E-state index in [4.69, 9.17) is 0 Å². The summed E-state index contributed by atoms with van der Waals surface area (Å²) < 4.78 is 0.756. The number of nitrogens with zero attached hydrogens (tertiary/aromatic N) is 2. The first kappa shape index (κ1) is 15.5. The van der Waals surface area contributed by atoms with Crippen molar-refractivity contribution in [3.8, 4) is 5.75 Å². The van der Waals surface area contributed by atoms with E-state index in [0.29, 0.717) is 11.7 Å². The fourth-order valence-electron chi connectivity index (χ4n) is 2.01. The lowest BCUT2D eigenvalue weighted by Crippen LogP contribution is -2.18. The molecular weight excluding hydrogens is 360 g/mol. The van der Waals surface area contributed by atoms with Gasteiger partial charge in [0.05, 0.1) is 23.0 Å². The summed E-state index contributed by atoms with van der Waals surface area (Å²) in [5.41, 5.74) is 2.08. The molecule has 0 aliphatic carbocycles. The van der Waals surface area contributed by atoms with E-state index in [2.05, 4.69) is 40.8 Å². The third-order valence-electron chi connectivity index (χ3n) is 2.75. The van der Waals surface area contributed by atoms with Gasteiger partial charge < -0.3 is 10.0 Å². The maximum Gasteiger partial charge on any atom is 0.153 e. The van der Waals surface area contributed by atoms with Gasteiger partial charge in [-0.3, -0.25) is 4.99 Å². The van der Waals surface area contributed by atoms with E-state index in [1.54, 1.807) is 6.34 Å². The number of anilines is 1. The number of benzene rings is 1. The maximum absolute atomic E-state index is 10.1. The van der Waals surface area contributed by atoms with Crippen molar-refractivity contribution in [3.05, 3.63) is 22.2 Å². The van der Waals surface area contributed by atoms with Gasteiger partial charge in [0.2, 0.25) is 0 Å². The van der Waals surface area contributed by atoms with Gasteiger partial charge in [0, 0.05) is 6.54 Å². The number of rotatable bonds is 3. The minimum Gasteiger partial charge on any atom is -0.505 e. The molecule has 1 aliphatic heterocycles. The summed E-state index contributed by atoms with van der Waals surface area (Å²) in [6.07, 6.45) is 2.80. The highest BCUT2D eigenvalue weighted by atomic mass is 79.9. The summed E-state index contributed by atoms with van der Waals surface area (Å²) in [6.45, 7) is 6.02. The number of aliphatic imine (C=N–C) groups is 1. The topological polar surface area (TPSA) is 35.8 Å². The Morgan fingerprint density at radius 1 is 1.44 bits per heavy atom. The van der Waals surface area contributed by atoms with Gasteiger partial charge in [-0.05, 0) is 46.0 Å². The van der Waals surface area contributed by atoms with Crippen LogP contribution in [0.15, 0.2) is 21.6 Å². The van der Waals surface area contributed by atoms with Crippen LogP contribution in [0.2, 0.25) is 0 Å². The van der Waals surface area contributed by atoms with E-state index in [1.165, 1.54) is 5.56 Å².